The standard InChI is InChI=1S/C18H23FN4O2/c1-25-13-18(24)20-8-15-10-22(9-14-2-4-16(19)5-3-14)12-17-6-7-21-23(17)11-15/h2-7,15H,8-13H2,1H3,(H,20,24). The van der Waals surface area contributed by atoms with Crippen LogP contribution in [0.25, 0.3) is 0 Å². The second-order valence-electron chi connectivity index (χ2n) is 6.40. The van der Waals surface area contributed by atoms with Crippen LogP contribution in [-0.2, 0) is 29.2 Å². The van der Waals surface area contributed by atoms with Crippen molar-refractivity contribution in [2.45, 2.75) is 19.6 Å². The van der Waals surface area contributed by atoms with Crippen molar-refractivity contribution < 1.29 is 13.9 Å². The molecule has 0 radical (unpaired) electrons. The van der Waals surface area contributed by atoms with E-state index in [1.165, 1.54) is 19.2 Å². The maximum absolute atomic E-state index is 13.1. The van der Waals surface area contributed by atoms with Crippen LogP contribution in [0.15, 0.2) is 36.5 Å². The van der Waals surface area contributed by atoms with E-state index in [1.54, 1.807) is 6.20 Å². The Morgan fingerprint density at radius 2 is 2.12 bits per heavy atom. The Balaban J connectivity index is 1.67. The largest absolute Gasteiger partial charge is 0.375 e. The van der Waals surface area contributed by atoms with Gasteiger partial charge in [-0.05, 0) is 23.8 Å². The van der Waals surface area contributed by atoms with Crippen molar-refractivity contribution in [3.8, 4) is 0 Å². The predicted octanol–water partition coefficient (Wildman–Crippen LogP) is 1.42. The van der Waals surface area contributed by atoms with Gasteiger partial charge in [0.1, 0.15) is 12.4 Å². The first kappa shape index (κ1) is 17.6. The van der Waals surface area contributed by atoms with Crippen LogP contribution in [0.1, 0.15) is 11.3 Å². The monoisotopic (exact) mass is 346 g/mol. The Morgan fingerprint density at radius 3 is 2.88 bits per heavy atom. The third-order valence-electron chi connectivity index (χ3n) is 4.32. The molecule has 1 aromatic heterocycles. The number of hydrogen-bond donors (Lipinski definition) is 1. The highest BCUT2D eigenvalue weighted by Gasteiger charge is 2.22. The van der Waals surface area contributed by atoms with Gasteiger partial charge in [-0.1, -0.05) is 12.1 Å². The van der Waals surface area contributed by atoms with Gasteiger partial charge in [0.15, 0.2) is 0 Å². The van der Waals surface area contributed by atoms with E-state index in [4.69, 9.17) is 4.74 Å². The summed E-state index contributed by atoms with van der Waals surface area (Å²) in [5.41, 5.74) is 2.21. The molecule has 1 unspecified atom stereocenters. The first-order valence-corrected chi connectivity index (χ1v) is 8.37. The number of benzene rings is 1. The van der Waals surface area contributed by atoms with Crippen LogP contribution in [0, 0.1) is 11.7 Å². The van der Waals surface area contributed by atoms with Gasteiger partial charge in [-0.3, -0.25) is 14.4 Å². The van der Waals surface area contributed by atoms with Crippen molar-refractivity contribution >= 4 is 5.91 Å². The lowest BCUT2D eigenvalue weighted by atomic mass is 10.1. The quantitative estimate of drug-likeness (QED) is 0.859. The summed E-state index contributed by atoms with van der Waals surface area (Å²) in [6.45, 7) is 3.73. The van der Waals surface area contributed by atoms with Crippen molar-refractivity contribution in [1.29, 1.82) is 0 Å². The van der Waals surface area contributed by atoms with E-state index < -0.39 is 0 Å². The average Bonchev–Trinajstić information content (AvgIpc) is 2.95. The summed E-state index contributed by atoms with van der Waals surface area (Å²) in [7, 11) is 1.51. The van der Waals surface area contributed by atoms with Crippen LogP contribution in [0.3, 0.4) is 0 Å². The molecular weight excluding hydrogens is 323 g/mol. The molecule has 2 aromatic rings. The Hall–Kier alpha value is -2.25. The number of fused-ring (bicyclic) bond motifs is 1. The first-order valence-electron chi connectivity index (χ1n) is 8.37. The molecule has 3 rings (SSSR count). The zero-order chi connectivity index (χ0) is 17.6. The van der Waals surface area contributed by atoms with E-state index in [-0.39, 0.29) is 24.2 Å². The van der Waals surface area contributed by atoms with Gasteiger partial charge in [-0.2, -0.15) is 5.10 Å². The third-order valence-corrected chi connectivity index (χ3v) is 4.32. The van der Waals surface area contributed by atoms with Gasteiger partial charge in [0.2, 0.25) is 5.91 Å². The normalized spacial score (nSPS) is 17.8. The lowest BCUT2D eigenvalue weighted by Gasteiger charge is -2.24. The van der Waals surface area contributed by atoms with Crippen molar-refractivity contribution in [3.05, 3.63) is 53.6 Å². The number of carbonyl (C=O) groups excluding carboxylic acids is 1. The van der Waals surface area contributed by atoms with Gasteiger partial charge < -0.3 is 10.1 Å². The van der Waals surface area contributed by atoms with E-state index in [1.807, 2.05) is 22.9 Å². The molecule has 1 amide bonds. The number of rotatable bonds is 6. The van der Waals surface area contributed by atoms with E-state index >= 15 is 0 Å². The molecule has 134 valence electrons. The SMILES string of the molecule is COCC(=O)NCC1CN(Cc2ccc(F)cc2)Cc2ccnn2C1. The molecule has 0 fully saturated rings. The zero-order valence-electron chi connectivity index (χ0n) is 14.3. The van der Waals surface area contributed by atoms with Crippen molar-refractivity contribution in [2.24, 2.45) is 5.92 Å². The van der Waals surface area contributed by atoms with Gasteiger partial charge in [-0.15, -0.1) is 0 Å². The molecule has 0 saturated heterocycles. The van der Waals surface area contributed by atoms with Crippen LogP contribution in [-0.4, -0.2) is 47.4 Å². The van der Waals surface area contributed by atoms with E-state index in [0.29, 0.717) is 6.54 Å². The Morgan fingerprint density at radius 1 is 1.32 bits per heavy atom. The smallest absolute Gasteiger partial charge is 0.245 e. The molecule has 7 heteroatoms. The maximum atomic E-state index is 13.1. The first-order chi connectivity index (χ1) is 12.1. The number of hydrogen-bond acceptors (Lipinski definition) is 4. The minimum absolute atomic E-state index is 0.0685. The molecular formula is C18H23FN4O2. The highest BCUT2D eigenvalue weighted by Crippen LogP contribution is 2.18. The van der Waals surface area contributed by atoms with Gasteiger partial charge in [-0.25, -0.2) is 4.39 Å². The lowest BCUT2D eigenvalue weighted by Crippen LogP contribution is -2.37. The van der Waals surface area contributed by atoms with Crippen LogP contribution in [0.2, 0.25) is 0 Å². The Kier molecular flexibility index (Phi) is 5.78. The molecule has 1 aliphatic rings. The van der Waals surface area contributed by atoms with E-state index in [9.17, 15) is 9.18 Å². The van der Waals surface area contributed by atoms with Crippen molar-refractivity contribution in [2.75, 3.05) is 26.8 Å². The van der Waals surface area contributed by atoms with Crippen molar-refractivity contribution in [1.82, 2.24) is 20.0 Å². The molecule has 6 nitrogen and oxygen atoms in total. The highest BCUT2D eigenvalue weighted by atomic mass is 19.1. The lowest BCUT2D eigenvalue weighted by molar-refractivity contribution is -0.124. The van der Waals surface area contributed by atoms with Crippen molar-refractivity contribution in [3.63, 3.8) is 0 Å². The summed E-state index contributed by atoms with van der Waals surface area (Å²) < 4.78 is 20.0. The Bertz CT molecular complexity index is 701. The average molecular weight is 346 g/mol. The molecule has 1 aliphatic heterocycles. The summed E-state index contributed by atoms with van der Waals surface area (Å²) in [5, 5.41) is 7.30. The molecule has 0 bridgehead atoms. The summed E-state index contributed by atoms with van der Waals surface area (Å²) >= 11 is 0. The number of carbonyl (C=O) groups is 1. The maximum Gasteiger partial charge on any atom is 0.245 e. The van der Waals surface area contributed by atoms with Gasteiger partial charge >= 0.3 is 0 Å². The summed E-state index contributed by atoms with van der Waals surface area (Å²) in [6.07, 6.45) is 1.80. The van der Waals surface area contributed by atoms with Gasteiger partial charge in [0.25, 0.3) is 0 Å². The van der Waals surface area contributed by atoms with Crippen LogP contribution < -0.4 is 5.32 Å². The predicted molar refractivity (Wildman–Crippen MR) is 91.1 cm³/mol. The number of amides is 1. The number of halogens is 1. The van der Waals surface area contributed by atoms with Crippen LogP contribution >= 0.6 is 0 Å². The van der Waals surface area contributed by atoms with Crippen LogP contribution in [0.5, 0.6) is 0 Å². The third kappa shape index (κ3) is 4.87. The minimum atomic E-state index is -0.226. The zero-order valence-corrected chi connectivity index (χ0v) is 14.3. The van der Waals surface area contributed by atoms with E-state index in [2.05, 4.69) is 15.3 Å². The second kappa shape index (κ2) is 8.22. The summed E-state index contributed by atoms with van der Waals surface area (Å²) in [4.78, 5) is 14.0. The highest BCUT2D eigenvalue weighted by molar-refractivity contribution is 5.77. The number of methoxy groups -OCH3 is 1. The number of aromatic nitrogens is 2. The van der Waals surface area contributed by atoms with Gasteiger partial charge in [0, 0.05) is 51.9 Å². The molecule has 1 aromatic carbocycles. The fourth-order valence-electron chi connectivity index (χ4n) is 3.16. The fraction of sp³-hybridized carbons (Fsp3) is 0.444. The molecule has 1 N–H and O–H groups in total. The number of nitrogens with one attached hydrogen (secondary N) is 1. The number of ether oxygens (including phenoxy) is 1. The molecule has 0 aliphatic carbocycles. The Labute approximate surface area is 146 Å². The molecule has 1 atom stereocenters. The fourth-order valence-corrected chi connectivity index (χ4v) is 3.16. The molecule has 25 heavy (non-hydrogen) atoms. The van der Waals surface area contributed by atoms with Gasteiger partial charge in [0.05, 0.1) is 5.69 Å². The van der Waals surface area contributed by atoms with E-state index in [0.717, 1.165) is 37.4 Å². The molecule has 0 spiro atoms. The van der Waals surface area contributed by atoms with Crippen LogP contribution in [0.4, 0.5) is 4.39 Å². The molecule has 2 heterocycles. The topological polar surface area (TPSA) is 59.4 Å². The number of nitrogens with zero attached hydrogens (tertiary/aromatic N) is 3. The molecule has 0 saturated carbocycles. The second-order valence-corrected chi connectivity index (χ2v) is 6.40. The summed E-state index contributed by atoms with van der Waals surface area (Å²) in [5.74, 6) is -0.101. The summed E-state index contributed by atoms with van der Waals surface area (Å²) in [6, 6.07) is 8.61. The minimum Gasteiger partial charge on any atom is -0.375 e.